The van der Waals surface area contributed by atoms with Gasteiger partial charge in [-0.25, -0.2) is 4.79 Å². The van der Waals surface area contributed by atoms with Gasteiger partial charge in [-0.2, -0.15) is 5.10 Å². The molecule has 0 spiro atoms. The monoisotopic (exact) mass is 434 g/mol. The van der Waals surface area contributed by atoms with Crippen molar-refractivity contribution < 1.29 is 9.90 Å². The number of aromatic nitrogens is 3. The van der Waals surface area contributed by atoms with E-state index in [4.69, 9.17) is 5.10 Å². The topological polar surface area (TPSA) is 89.2 Å². The minimum absolute atomic E-state index is 0.0223. The maximum Gasteiger partial charge on any atom is 0.341 e. The normalized spacial score (nSPS) is 19.0. The van der Waals surface area contributed by atoms with E-state index in [1.54, 1.807) is 0 Å². The molecule has 2 aromatic heterocycles. The van der Waals surface area contributed by atoms with Gasteiger partial charge in [0, 0.05) is 17.6 Å². The largest absolute Gasteiger partial charge is 0.477 e. The summed E-state index contributed by atoms with van der Waals surface area (Å²) in [7, 11) is 0. The minimum Gasteiger partial charge on any atom is -0.477 e. The van der Waals surface area contributed by atoms with Crippen molar-refractivity contribution in [1.29, 1.82) is 0 Å². The van der Waals surface area contributed by atoms with Crippen LogP contribution >= 0.6 is 0 Å². The van der Waals surface area contributed by atoms with E-state index in [1.165, 1.54) is 30.7 Å². The van der Waals surface area contributed by atoms with Crippen LogP contribution in [-0.4, -0.2) is 38.5 Å². The quantitative estimate of drug-likeness (QED) is 0.656. The first-order valence-electron chi connectivity index (χ1n) is 11.4. The van der Waals surface area contributed by atoms with Crippen LogP contribution in [0.25, 0.3) is 22.3 Å². The fraction of sp³-hybridized carbons (Fsp3) is 0.480. The molecule has 4 heterocycles. The standard InChI is InChI=1S/C25H30N4O3/c1-25(2,3)21-14-29-23(19-12-20(30)18(24(31)32)13-28(19)21)17-6-4-5-16(22(17)27-29)11-15-7-9-26-10-8-15/h4-6,12-13,15,21,26H,7-11,14H2,1-3H3,(H,31,32). The van der Waals surface area contributed by atoms with Crippen LogP contribution < -0.4 is 10.7 Å². The van der Waals surface area contributed by atoms with Crippen LogP contribution in [0, 0.1) is 11.3 Å². The zero-order valence-electron chi connectivity index (χ0n) is 18.9. The number of nitrogens with zero attached hydrogens (tertiary/aromatic N) is 3. The van der Waals surface area contributed by atoms with E-state index in [9.17, 15) is 14.7 Å². The Kier molecular flexibility index (Phi) is 4.97. The summed E-state index contributed by atoms with van der Waals surface area (Å²) in [5, 5.41) is 19.0. The van der Waals surface area contributed by atoms with Crippen LogP contribution in [0.3, 0.4) is 0 Å². The molecule has 1 aromatic carbocycles. The number of aromatic carboxylic acids is 1. The van der Waals surface area contributed by atoms with Crippen molar-refractivity contribution in [3.63, 3.8) is 0 Å². The number of pyridine rings is 1. The second kappa shape index (κ2) is 7.59. The van der Waals surface area contributed by atoms with E-state index in [2.05, 4.69) is 44.3 Å². The second-order valence-electron chi connectivity index (χ2n) is 10.3. The maximum atomic E-state index is 12.7. The summed E-state index contributed by atoms with van der Waals surface area (Å²) in [5.74, 6) is -0.540. The summed E-state index contributed by atoms with van der Waals surface area (Å²) in [4.78, 5) is 24.3. The van der Waals surface area contributed by atoms with Gasteiger partial charge in [-0.3, -0.25) is 9.48 Å². The molecule has 5 rings (SSSR count). The van der Waals surface area contributed by atoms with E-state index >= 15 is 0 Å². The van der Waals surface area contributed by atoms with Gasteiger partial charge in [-0.1, -0.05) is 39.0 Å². The first-order chi connectivity index (χ1) is 15.2. The summed E-state index contributed by atoms with van der Waals surface area (Å²) in [6.07, 6.45) is 4.87. The Balaban J connectivity index is 1.70. The lowest BCUT2D eigenvalue weighted by atomic mass is 9.84. The van der Waals surface area contributed by atoms with Crippen LogP contribution in [0.4, 0.5) is 0 Å². The molecule has 7 heteroatoms. The average molecular weight is 435 g/mol. The molecule has 1 unspecified atom stereocenters. The van der Waals surface area contributed by atoms with Crippen molar-refractivity contribution in [2.75, 3.05) is 13.1 Å². The van der Waals surface area contributed by atoms with E-state index in [-0.39, 0.29) is 17.0 Å². The third-order valence-electron chi connectivity index (χ3n) is 7.05. The number of benzene rings is 1. The van der Waals surface area contributed by atoms with Crippen molar-refractivity contribution in [1.82, 2.24) is 19.7 Å². The molecule has 7 nitrogen and oxygen atoms in total. The Hall–Kier alpha value is -2.93. The highest BCUT2D eigenvalue weighted by Gasteiger charge is 2.35. The summed E-state index contributed by atoms with van der Waals surface area (Å²) in [6, 6.07) is 7.77. The van der Waals surface area contributed by atoms with E-state index in [1.807, 2.05) is 9.25 Å². The maximum absolute atomic E-state index is 12.7. The van der Waals surface area contributed by atoms with Crippen LogP contribution in [0.2, 0.25) is 0 Å². The second-order valence-corrected chi connectivity index (χ2v) is 10.3. The first kappa shape index (κ1) is 20.9. The van der Waals surface area contributed by atoms with Gasteiger partial charge in [-0.05, 0) is 49.2 Å². The Morgan fingerprint density at radius 1 is 1.25 bits per heavy atom. The molecule has 2 N–H and O–H groups in total. The summed E-state index contributed by atoms with van der Waals surface area (Å²) < 4.78 is 4.02. The molecule has 2 aliphatic rings. The predicted molar refractivity (Wildman–Crippen MR) is 124 cm³/mol. The average Bonchev–Trinajstić information content (AvgIpc) is 3.12. The van der Waals surface area contributed by atoms with Crippen molar-refractivity contribution in [2.45, 2.75) is 52.6 Å². The third-order valence-corrected chi connectivity index (χ3v) is 7.05. The molecule has 1 atom stereocenters. The van der Waals surface area contributed by atoms with Crippen molar-refractivity contribution in [3.8, 4) is 11.4 Å². The Morgan fingerprint density at radius 3 is 2.69 bits per heavy atom. The summed E-state index contributed by atoms with van der Waals surface area (Å²) in [6.45, 7) is 9.17. The van der Waals surface area contributed by atoms with Crippen LogP contribution in [0.15, 0.2) is 35.3 Å². The number of piperidine rings is 1. The van der Waals surface area contributed by atoms with E-state index in [0.29, 0.717) is 12.5 Å². The van der Waals surface area contributed by atoms with Gasteiger partial charge in [0.25, 0.3) is 0 Å². The fourth-order valence-corrected chi connectivity index (χ4v) is 5.27. The van der Waals surface area contributed by atoms with Gasteiger partial charge in [0.15, 0.2) is 5.43 Å². The number of carboxylic acid groups (broad SMARTS) is 1. The molecule has 3 aromatic rings. The molecular weight excluding hydrogens is 404 g/mol. The van der Waals surface area contributed by atoms with Gasteiger partial charge < -0.3 is 15.0 Å². The van der Waals surface area contributed by atoms with Crippen LogP contribution in [-0.2, 0) is 13.0 Å². The zero-order chi connectivity index (χ0) is 22.6. The SMILES string of the molecule is CC(C)(C)C1Cn2nc3c(CC4CCNCC4)cccc3c2-c2cc(=O)c(C(=O)O)cn21. The van der Waals surface area contributed by atoms with E-state index < -0.39 is 11.4 Å². The molecule has 2 aliphatic heterocycles. The van der Waals surface area contributed by atoms with Crippen molar-refractivity contribution in [3.05, 3.63) is 51.8 Å². The Morgan fingerprint density at radius 2 is 2.00 bits per heavy atom. The molecular formula is C25H30N4O3. The molecule has 0 bridgehead atoms. The third kappa shape index (κ3) is 3.45. The summed E-state index contributed by atoms with van der Waals surface area (Å²) in [5.41, 5.74) is 3.09. The molecule has 0 saturated carbocycles. The number of hydrogen-bond donors (Lipinski definition) is 2. The highest BCUT2D eigenvalue weighted by molar-refractivity contribution is 5.95. The highest BCUT2D eigenvalue weighted by atomic mass is 16.4. The van der Waals surface area contributed by atoms with E-state index in [0.717, 1.165) is 41.8 Å². The number of fused-ring (bicyclic) bond motifs is 5. The number of rotatable bonds is 3. The van der Waals surface area contributed by atoms with Gasteiger partial charge in [0.2, 0.25) is 0 Å². The van der Waals surface area contributed by atoms with Gasteiger partial charge in [-0.15, -0.1) is 0 Å². The van der Waals surface area contributed by atoms with Gasteiger partial charge in [0.05, 0.1) is 29.5 Å². The number of nitrogens with one attached hydrogen (secondary N) is 1. The number of carboxylic acids is 1. The molecule has 1 fully saturated rings. The Labute approximate surface area is 187 Å². The molecule has 0 aliphatic carbocycles. The summed E-state index contributed by atoms with van der Waals surface area (Å²) >= 11 is 0. The first-order valence-corrected chi connectivity index (χ1v) is 11.4. The van der Waals surface area contributed by atoms with Crippen molar-refractivity contribution in [2.24, 2.45) is 11.3 Å². The lowest BCUT2D eigenvalue weighted by Gasteiger charge is -2.38. The molecule has 1 saturated heterocycles. The number of hydrogen-bond acceptors (Lipinski definition) is 4. The van der Waals surface area contributed by atoms with Crippen LogP contribution in [0.1, 0.15) is 55.6 Å². The van der Waals surface area contributed by atoms with Crippen molar-refractivity contribution >= 4 is 16.9 Å². The smallest absolute Gasteiger partial charge is 0.341 e. The lowest BCUT2D eigenvalue weighted by Crippen LogP contribution is -2.35. The van der Waals surface area contributed by atoms with Gasteiger partial charge in [0.1, 0.15) is 5.56 Å². The Bertz CT molecular complexity index is 1260. The molecule has 32 heavy (non-hydrogen) atoms. The highest BCUT2D eigenvalue weighted by Crippen LogP contribution is 2.42. The minimum atomic E-state index is -1.19. The molecule has 0 amide bonds. The molecule has 168 valence electrons. The zero-order valence-corrected chi connectivity index (χ0v) is 18.9. The van der Waals surface area contributed by atoms with Crippen LogP contribution in [0.5, 0.6) is 0 Å². The lowest BCUT2D eigenvalue weighted by molar-refractivity contribution is 0.0693. The number of carbonyl (C=O) groups is 1. The molecule has 0 radical (unpaired) electrons. The van der Waals surface area contributed by atoms with Gasteiger partial charge >= 0.3 is 5.97 Å². The fourth-order valence-electron chi connectivity index (χ4n) is 5.27. The predicted octanol–water partition coefficient (Wildman–Crippen LogP) is 3.71.